The van der Waals surface area contributed by atoms with Crippen molar-refractivity contribution in [3.05, 3.63) is 52.3 Å². The number of aryl methyl sites for hydroxylation is 1. The Labute approximate surface area is 107 Å². The summed E-state index contributed by atoms with van der Waals surface area (Å²) in [6.07, 6.45) is 0. The highest BCUT2D eigenvalue weighted by Gasteiger charge is 2.11. The van der Waals surface area contributed by atoms with Crippen LogP contribution in [-0.2, 0) is 6.54 Å². The molecule has 3 heteroatoms. The Morgan fingerprint density at radius 1 is 1.24 bits per heavy atom. The third-order valence-electron chi connectivity index (χ3n) is 3.00. The first-order valence-electron chi connectivity index (χ1n) is 5.72. The summed E-state index contributed by atoms with van der Waals surface area (Å²) in [6.45, 7) is 5.11. The number of aromatic nitrogens is 1. The lowest BCUT2D eigenvalue weighted by molar-refractivity contribution is 0.807. The zero-order valence-corrected chi connectivity index (χ0v) is 11.2. The number of benzene rings is 1. The van der Waals surface area contributed by atoms with Crippen LogP contribution >= 0.6 is 11.6 Å². The van der Waals surface area contributed by atoms with Crippen molar-refractivity contribution in [2.75, 3.05) is 7.05 Å². The van der Waals surface area contributed by atoms with E-state index >= 15 is 0 Å². The number of rotatable bonds is 3. The van der Waals surface area contributed by atoms with Gasteiger partial charge in [0.1, 0.15) is 0 Å². The van der Waals surface area contributed by atoms with Gasteiger partial charge in [-0.15, -0.1) is 0 Å². The Bertz CT molecular complexity index is 529. The first-order valence-corrected chi connectivity index (χ1v) is 6.10. The highest BCUT2D eigenvalue weighted by molar-refractivity contribution is 6.32. The molecule has 0 saturated heterocycles. The highest BCUT2D eigenvalue weighted by Crippen LogP contribution is 2.26. The smallest absolute Gasteiger partial charge is 0.0646 e. The summed E-state index contributed by atoms with van der Waals surface area (Å²) in [5, 5.41) is 3.97. The van der Waals surface area contributed by atoms with Gasteiger partial charge in [-0.05, 0) is 44.7 Å². The first-order chi connectivity index (χ1) is 8.15. The number of para-hydroxylation sites is 1. The Morgan fingerprint density at radius 2 is 1.94 bits per heavy atom. The van der Waals surface area contributed by atoms with Crippen molar-refractivity contribution in [3.8, 4) is 5.69 Å². The largest absolute Gasteiger partial charge is 0.317 e. The van der Waals surface area contributed by atoms with Crippen LogP contribution in [0.25, 0.3) is 5.69 Å². The van der Waals surface area contributed by atoms with Crippen molar-refractivity contribution in [1.29, 1.82) is 0 Å². The van der Waals surface area contributed by atoms with E-state index in [0.29, 0.717) is 0 Å². The third-order valence-corrected chi connectivity index (χ3v) is 3.32. The van der Waals surface area contributed by atoms with E-state index in [1.54, 1.807) is 0 Å². The van der Waals surface area contributed by atoms with E-state index < -0.39 is 0 Å². The molecule has 0 aliphatic rings. The molecular formula is C14H17ClN2. The Kier molecular flexibility index (Phi) is 3.55. The lowest BCUT2D eigenvalue weighted by atomic mass is 10.2. The quantitative estimate of drug-likeness (QED) is 0.880. The van der Waals surface area contributed by atoms with Crippen LogP contribution in [0.3, 0.4) is 0 Å². The molecule has 1 aromatic heterocycles. The summed E-state index contributed by atoms with van der Waals surface area (Å²) in [5.74, 6) is 0. The van der Waals surface area contributed by atoms with Crippen LogP contribution in [0, 0.1) is 13.8 Å². The van der Waals surface area contributed by atoms with Crippen LogP contribution in [0.2, 0.25) is 5.02 Å². The molecule has 1 aromatic carbocycles. The molecule has 0 spiro atoms. The van der Waals surface area contributed by atoms with Gasteiger partial charge in [-0.1, -0.05) is 23.7 Å². The molecule has 0 aliphatic carbocycles. The van der Waals surface area contributed by atoms with E-state index in [9.17, 15) is 0 Å². The van der Waals surface area contributed by atoms with Crippen LogP contribution in [0.15, 0.2) is 30.3 Å². The van der Waals surface area contributed by atoms with Crippen LogP contribution in [0.1, 0.15) is 17.0 Å². The van der Waals surface area contributed by atoms with Crippen molar-refractivity contribution < 1.29 is 0 Å². The highest BCUT2D eigenvalue weighted by atomic mass is 35.5. The topological polar surface area (TPSA) is 17.0 Å². The molecule has 0 aliphatic heterocycles. The van der Waals surface area contributed by atoms with Crippen LogP contribution in [-0.4, -0.2) is 11.6 Å². The maximum Gasteiger partial charge on any atom is 0.0646 e. The minimum atomic E-state index is 0.783. The van der Waals surface area contributed by atoms with E-state index in [-0.39, 0.29) is 0 Å². The van der Waals surface area contributed by atoms with Crippen molar-refractivity contribution in [3.63, 3.8) is 0 Å². The normalized spacial score (nSPS) is 10.8. The summed E-state index contributed by atoms with van der Waals surface area (Å²) >= 11 is 6.25. The van der Waals surface area contributed by atoms with Gasteiger partial charge in [0.2, 0.25) is 0 Å². The Morgan fingerprint density at radius 3 is 2.59 bits per heavy atom. The van der Waals surface area contributed by atoms with Gasteiger partial charge in [0.25, 0.3) is 0 Å². The fourth-order valence-corrected chi connectivity index (χ4v) is 2.42. The van der Waals surface area contributed by atoms with Gasteiger partial charge in [0, 0.05) is 17.9 Å². The fourth-order valence-electron chi connectivity index (χ4n) is 2.20. The maximum absolute atomic E-state index is 6.25. The third kappa shape index (κ3) is 2.24. The minimum Gasteiger partial charge on any atom is -0.317 e. The molecule has 0 atom stereocenters. The molecule has 1 N–H and O–H groups in total. The van der Waals surface area contributed by atoms with Gasteiger partial charge in [0.15, 0.2) is 0 Å². The Hall–Kier alpha value is -1.25. The van der Waals surface area contributed by atoms with Gasteiger partial charge >= 0.3 is 0 Å². The standard InChI is InChI=1S/C14H17ClN2/c1-10-8-12(9-16-3)11(2)17(10)14-7-5-4-6-13(14)15/h4-8,16H,9H2,1-3H3. The zero-order valence-electron chi connectivity index (χ0n) is 10.4. The van der Waals surface area contributed by atoms with Crippen molar-refractivity contribution >= 4 is 11.6 Å². The first kappa shape index (κ1) is 12.2. The Balaban J connectivity index is 2.56. The molecule has 0 saturated carbocycles. The van der Waals surface area contributed by atoms with Gasteiger partial charge in [-0.3, -0.25) is 0 Å². The molecule has 90 valence electrons. The second kappa shape index (κ2) is 4.94. The van der Waals surface area contributed by atoms with Crippen molar-refractivity contribution in [1.82, 2.24) is 9.88 Å². The van der Waals surface area contributed by atoms with Crippen LogP contribution < -0.4 is 5.32 Å². The molecule has 2 aromatic rings. The number of hydrogen-bond donors (Lipinski definition) is 1. The van der Waals surface area contributed by atoms with Gasteiger partial charge in [-0.25, -0.2) is 0 Å². The van der Waals surface area contributed by atoms with E-state index in [1.807, 2.05) is 31.3 Å². The van der Waals surface area contributed by atoms with E-state index in [1.165, 1.54) is 17.0 Å². The summed E-state index contributed by atoms with van der Waals surface area (Å²) < 4.78 is 2.20. The van der Waals surface area contributed by atoms with Crippen LogP contribution in [0.5, 0.6) is 0 Å². The van der Waals surface area contributed by atoms with E-state index in [4.69, 9.17) is 11.6 Å². The maximum atomic E-state index is 6.25. The average Bonchev–Trinajstić information content (AvgIpc) is 2.57. The molecule has 0 fully saturated rings. The number of nitrogens with zero attached hydrogens (tertiary/aromatic N) is 1. The van der Waals surface area contributed by atoms with Gasteiger partial charge in [-0.2, -0.15) is 0 Å². The summed E-state index contributed by atoms with van der Waals surface area (Å²) in [7, 11) is 1.96. The SMILES string of the molecule is CNCc1cc(C)n(-c2ccccc2Cl)c1C. The molecule has 17 heavy (non-hydrogen) atoms. The van der Waals surface area contributed by atoms with Crippen molar-refractivity contribution in [2.24, 2.45) is 0 Å². The molecule has 2 rings (SSSR count). The van der Waals surface area contributed by atoms with Gasteiger partial charge in [0.05, 0.1) is 10.7 Å². The lowest BCUT2D eigenvalue weighted by Crippen LogP contribution is -2.06. The molecule has 1 heterocycles. The predicted octanol–water partition coefficient (Wildman–Crippen LogP) is 3.47. The molecular weight excluding hydrogens is 232 g/mol. The molecule has 0 radical (unpaired) electrons. The van der Waals surface area contributed by atoms with E-state index in [0.717, 1.165) is 17.3 Å². The lowest BCUT2D eigenvalue weighted by Gasteiger charge is -2.11. The zero-order chi connectivity index (χ0) is 12.4. The summed E-state index contributed by atoms with van der Waals surface area (Å²) in [4.78, 5) is 0. The van der Waals surface area contributed by atoms with Crippen molar-refractivity contribution in [2.45, 2.75) is 20.4 Å². The molecule has 0 amide bonds. The molecule has 0 unspecified atom stereocenters. The number of nitrogens with one attached hydrogen (secondary N) is 1. The second-order valence-electron chi connectivity index (χ2n) is 4.21. The predicted molar refractivity (Wildman–Crippen MR) is 73.0 cm³/mol. The summed E-state index contributed by atoms with van der Waals surface area (Å²) in [6, 6.07) is 10.1. The minimum absolute atomic E-state index is 0.783. The average molecular weight is 249 g/mol. The summed E-state index contributed by atoms with van der Waals surface area (Å²) in [5.41, 5.74) is 4.81. The van der Waals surface area contributed by atoms with Crippen LogP contribution in [0.4, 0.5) is 0 Å². The van der Waals surface area contributed by atoms with E-state index in [2.05, 4.69) is 29.8 Å². The second-order valence-corrected chi connectivity index (χ2v) is 4.62. The molecule has 2 nitrogen and oxygen atoms in total. The van der Waals surface area contributed by atoms with Gasteiger partial charge < -0.3 is 9.88 Å². The number of hydrogen-bond acceptors (Lipinski definition) is 1. The fraction of sp³-hybridized carbons (Fsp3) is 0.286. The monoisotopic (exact) mass is 248 g/mol. The molecule has 0 bridgehead atoms. The number of halogens is 1.